The van der Waals surface area contributed by atoms with Gasteiger partial charge in [-0.05, 0) is 25.1 Å². The van der Waals surface area contributed by atoms with Crippen LogP contribution in [-0.2, 0) is 14.8 Å². The summed E-state index contributed by atoms with van der Waals surface area (Å²) < 4.78 is 53.1. The molecule has 1 aromatic carbocycles. The Bertz CT molecular complexity index is 1530. The van der Waals surface area contributed by atoms with Gasteiger partial charge in [0.1, 0.15) is 34.2 Å². The fraction of sp³-hybridized carbons (Fsp3) is 0.292. The van der Waals surface area contributed by atoms with E-state index in [9.17, 15) is 8.42 Å². The molecule has 0 amide bonds. The van der Waals surface area contributed by atoms with Gasteiger partial charge in [-0.25, -0.2) is 23.4 Å². The molecule has 0 aliphatic rings. The van der Waals surface area contributed by atoms with E-state index in [2.05, 4.69) is 29.9 Å². The van der Waals surface area contributed by atoms with Crippen LogP contribution < -0.4 is 18.9 Å². The summed E-state index contributed by atoms with van der Waals surface area (Å²) in [7, 11) is 1.63. The molecule has 0 fully saturated rings. The highest BCUT2D eigenvalue weighted by Crippen LogP contribution is 2.38. The van der Waals surface area contributed by atoms with Crippen molar-refractivity contribution >= 4 is 27.6 Å². The Morgan fingerprint density at radius 1 is 0.923 bits per heavy atom. The lowest BCUT2D eigenvalue weighted by molar-refractivity contribution is 0.0950. The summed E-state index contributed by atoms with van der Waals surface area (Å²) in [4.78, 5) is 12.7. The summed E-state index contributed by atoms with van der Waals surface area (Å²) in [6.45, 7) is 1.46. The Hall–Kier alpha value is -4.01. The van der Waals surface area contributed by atoms with Gasteiger partial charge in [-0.2, -0.15) is 0 Å². The number of methoxy groups -OCH3 is 4. The zero-order valence-corrected chi connectivity index (χ0v) is 23.3. The number of halogens is 1. The number of aromatic nitrogens is 6. The van der Waals surface area contributed by atoms with E-state index in [4.69, 9.17) is 30.5 Å². The van der Waals surface area contributed by atoms with Crippen molar-refractivity contribution in [2.75, 3.05) is 33.2 Å². The summed E-state index contributed by atoms with van der Waals surface area (Å²) in [6.07, 6.45) is 1.71. The summed E-state index contributed by atoms with van der Waals surface area (Å²) >= 11 is 5.89. The molecule has 1 N–H and O–H groups in total. The van der Waals surface area contributed by atoms with Gasteiger partial charge in [-0.1, -0.05) is 23.7 Å². The van der Waals surface area contributed by atoms with E-state index in [0.717, 1.165) is 0 Å². The van der Waals surface area contributed by atoms with Crippen LogP contribution in [-0.4, -0.2) is 71.8 Å². The quantitative estimate of drug-likeness (QED) is 0.280. The molecule has 0 saturated carbocycles. The van der Waals surface area contributed by atoms with Crippen molar-refractivity contribution in [3.63, 3.8) is 0 Å². The molecule has 0 bridgehead atoms. The van der Waals surface area contributed by atoms with Crippen LogP contribution in [0.2, 0.25) is 5.02 Å². The standard InChI is InChI=1S/C24H26ClN7O6S/c1-14(21(38-5)22-26-12-15(25)13-27-22)39(33,34)31-24-30-29-23(16-8-6-11-19(28-16)37-4)32(24)20-17(35-2)9-7-10-18(20)36-3/h6-14,21H,1-5H3,(H,30,31)/t14-,21+/m0/s1. The number of rotatable bonds is 11. The molecule has 3 aromatic heterocycles. The summed E-state index contributed by atoms with van der Waals surface area (Å²) in [5.74, 6) is 1.28. The van der Waals surface area contributed by atoms with E-state index in [-0.39, 0.29) is 17.6 Å². The molecule has 13 nitrogen and oxygen atoms in total. The van der Waals surface area contributed by atoms with E-state index in [0.29, 0.717) is 33.8 Å². The molecule has 0 radical (unpaired) electrons. The van der Waals surface area contributed by atoms with Gasteiger partial charge >= 0.3 is 0 Å². The van der Waals surface area contributed by atoms with Gasteiger partial charge in [-0.15, -0.1) is 10.2 Å². The lowest BCUT2D eigenvalue weighted by Gasteiger charge is -2.22. The van der Waals surface area contributed by atoms with Crippen molar-refractivity contribution in [2.24, 2.45) is 0 Å². The van der Waals surface area contributed by atoms with Crippen LogP contribution in [0.3, 0.4) is 0 Å². The van der Waals surface area contributed by atoms with Crippen LogP contribution in [0.25, 0.3) is 17.2 Å². The van der Waals surface area contributed by atoms with E-state index < -0.39 is 21.4 Å². The van der Waals surface area contributed by atoms with E-state index >= 15 is 0 Å². The fourth-order valence-electron chi connectivity index (χ4n) is 3.79. The number of benzene rings is 1. The SMILES string of the molecule is COc1cccc(-c2nnc(NS(=O)(=O)[C@@H](C)[C@@H](OC)c3ncc(Cl)cn3)n2-c2c(OC)cccc2OC)n1. The lowest BCUT2D eigenvalue weighted by Crippen LogP contribution is -2.33. The molecule has 0 spiro atoms. The molecule has 206 valence electrons. The van der Waals surface area contributed by atoms with Gasteiger partial charge in [0, 0.05) is 25.6 Å². The van der Waals surface area contributed by atoms with Crippen LogP contribution in [0.15, 0.2) is 48.8 Å². The van der Waals surface area contributed by atoms with Gasteiger partial charge < -0.3 is 18.9 Å². The third-order valence-electron chi connectivity index (χ3n) is 5.75. The average molecular weight is 576 g/mol. The largest absolute Gasteiger partial charge is 0.494 e. The number of ether oxygens (including phenoxy) is 4. The Kier molecular flexibility index (Phi) is 8.47. The first kappa shape index (κ1) is 28.0. The number of hydrogen-bond donors (Lipinski definition) is 1. The summed E-state index contributed by atoms with van der Waals surface area (Å²) in [5.41, 5.74) is 0.708. The first-order chi connectivity index (χ1) is 18.7. The van der Waals surface area contributed by atoms with Crippen molar-refractivity contribution in [3.8, 4) is 34.6 Å². The Morgan fingerprint density at radius 3 is 2.15 bits per heavy atom. The van der Waals surface area contributed by atoms with Gasteiger partial charge in [0.15, 0.2) is 11.6 Å². The van der Waals surface area contributed by atoms with Crippen LogP contribution in [0.1, 0.15) is 18.9 Å². The predicted octanol–water partition coefficient (Wildman–Crippen LogP) is 3.32. The number of pyridine rings is 1. The average Bonchev–Trinajstić information content (AvgIpc) is 3.35. The minimum absolute atomic E-state index is 0.142. The maximum absolute atomic E-state index is 13.6. The van der Waals surface area contributed by atoms with E-state index in [1.165, 1.54) is 52.3 Å². The Labute approximate surface area is 230 Å². The maximum atomic E-state index is 13.6. The number of anilines is 1. The number of hydrogen-bond acceptors (Lipinski definition) is 11. The maximum Gasteiger partial charge on any atom is 0.243 e. The van der Waals surface area contributed by atoms with Gasteiger partial charge in [0.2, 0.25) is 21.9 Å². The second-order valence-corrected chi connectivity index (χ2v) is 10.5. The molecule has 0 aliphatic heterocycles. The second kappa shape index (κ2) is 11.8. The van der Waals surface area contributed by atoms with Crippen molar-refractivity contribution in [2.45, 2.75) is 18.3 Å². The normalized spacial score (nSPS) is 13.0. The number of sulfonamides is 1. The Balaban J connectivity index is 1.85. The highest BCUT2D eigenvalue weighted by atomic mass is 35.5. The van der Waals surface area contributed by atoms with E-state index in [1.54, 1.807) is 36.4 Å². The minimum atomic E-state index is -4.17. The molecule has 4 aromatic rings. The zero-order chi connectivity index (χ0) is 28.2. The van der Waals surface area contributed by atoms with Crippen molar-refractivity contribution in [1.29, 1.82) is 0 Å². The molecule has 0 unspecified atom stereocenters. The molecular weight excluding hydrogens is 550 g/mol. The Morgan fingerprint density at radius 2 is 1.56 bits per heavy atom. The molecule has 0 saturated heterocycles. The minimum Gasteiger partial charge on any atom is -0.494 e. The topological polar surface area (TPSA) is 152 Å². The lowest BCUT2D eigenvalue weighted by atomic mass is 10.2. The third kappa shape index (κ3) is 5.72. The highest BCUT2D eigenvalue weighted by molar-refractivity contribution is 7.93. The smallest absolute Gasteiger partial charge is 0.243 e. The van der Waals surface area contributed by atoms with Crippen molar-refractivity contribution in [3.05, 3.63) is 59.6 Å². The summed E-state index contributed by atoms with van der Waals surface area (Å²) in [6, 6.07) is 10.2. The second-order valence-electron chi connectivity index (χ2n) is 8.03. The highest BCUT2D eigenvalue weighted by Gasteiger charge is 2.35. The number of nitrogens with one attached hydrogen (secondary N) is 1. The van der Waals surface area contributed by atoms with Crippen molar-refractivity contribution in [1.82, 2.24) is 29.7 Å². The van der Waals surface area contributed by atoms with Gasteiger partial charge in [0.05, 0.1) is 26.4 Å². The van der Waals surface area contributed by atoms with Gasteiger partial charge in [-0.3, -0.25) is 9.29 Å². The molecule has 15 heteroatoms. The summed E-state index contributed by atoms with van der Waals surface area (Å²) in [5, 5.41) is 7.55. The molecule has 0 aliphatic carbocycles. The van der Waals surface area contributed by atoms with Gasteiger partial charge in [0.25, 0.3) is 0 Å². The van der Waals surface area contributed by atoms with Crippen LogP contribution in [0.5, 0.6) is 17.4 Å². The molecular formula is C24H26ClN7O6S. The van der Waals surface area contributed by atoms with Crippen LogP contribution in [0, 0.1) is 0 Å². The first-order valence-electron chi connectivity index (χ1n) is 11.4. The van der Waals surface area contributed by atoms with Crippen LogP contribution in [0.4, 0.5) is 5.95 Å². The number of para-hydroxylation sites is 1. The molecule has 2 atom stereocenters. The molecule has 4 rings (SSSR count). The monoisotopic (exact) mass is 575 g/mol. The zero-order valence-electron chi connectivity index (χ0n) is 21.7. The van der Waals surface area contributed by atoms with E-state index in [1.807, 2.05) is 0 Å². The first-order valence-corrected chi connectivity index (χ1v) is 13.4. The van der Waals surface area contributed by atoms with Crippen molar-refractivity contribution < 1.29 is 27.4 Å². The fourth-order valence-corrected chi connectivity index (χ4v) is 5.02. The number of nitrogens with zero attached hydrogens (tertiary/aromatic N) is 6. The van der Waals surface area contributed by atoms with Crippen LogP contribution >= 0.6 is 11.6 Å². The molecule has 3 heterocycles. The predicted molar refractivity (Wildman–Crippen MR) is 143 cm³/mol. The third-order valence-corrected chi connectivity index (χ3v) is 7.64. The molecule has 39 heavy (non-hydrogen) atoms.